The van der Waals surface area contributed by atoms with E-state index in [1.54, 1.807) is 0 Å². The summed E-state index contributed by atoms with van der Waals surface area (Å²) >= 11 is 0. The lowest BCUT2D eigenvalue weighted by atomic mass is 9.46. The molecule has 1 aromatic rings. The fourth-order valence-corrected chi connectivity index (χ4v) is 9.00. The number of phenolic OH excluding ortho intramolecular Hbond substituents is 1. The SMILES string of the molecule is CNC(=O)c1cc(O)c2c(c1)S(=O)(=O)C[C@H]1[C@H]2CC[C@H]2C(C)(C)CCC[C@]12C. The van der Waals surface area contributed by atoms with Crippen LogP contribution >= 0.6 is 0 Å². The average molecular weight is 406 g/mol. The second-order valence-electron chi connectivity index (χ2n) is 9.96. The van der Waals surface area contributed by atoms with Crippen molar-refractivity contribution in [2.24, 2.45) is 22.7 Å². The van der Waals surface area contributed by atoms with Crippen LogP contribution in [0.5, 0.6) is 5.75 Å². The molecule has 2 fully saturated rings. The number of hydrogen-bond acceptors (Lipinski definition) is 4. The first-order valence-electron chi connectivity index (χ1n) is 10.3. The molecule has 0 spiro atoms. The summed E-state index contributed by atoms with van der Waals surface area (Å²) in [6.45, 7) is 6.94. The molecule has 1 aromatic carbocycles. The monoisotopic (exact) mass is 405 g/mol. The number of carbonyl (C=O) groups excluding carboxylic acids is 1. The van der Waals surface area contributed by atoms with Gasteiger partial charge in [-0.3, -0.25) is 4.79 Å². The number of rotatable bonds is 1. The number of phenols is 1. The van der Waals surface area contributed by atoms with Crippen molar-refractivity contribution < 1.29 is 18.3 Å². The van der Waals surface area contributed by atoms with Gasteiger partial charge in [-0.05, 0) is 66.4 Å². The third-order valence-electron chi connectivity index (χ3n) is 8.09. The van der Waals surface area contributed by atoms with Gasteiger partial charge in [0.2, 0.25) is 0 Å². The normalized spacial score (nSPS) is 35.2. The molecule has 2 saturated carbocycles. The Morgan fingerprint density at radius 1 is 1.18 bits per heavy atom. The summed E-state index contributed by atoms with van der Waals surface area (Å²) in [5.41, 5.74) is 0.917. The molecule has 2 N–H and O–H groups in total. The zero-order chi connectivity index (χ0) is 20.5. The van der Waals surface area contributed by atoms with Gasteiger partial charge in [0, 0.05) is 18.2 Å². The molecule has 4 rings (SSSR count). The van der Waals surface area contributed by atoms with Crippen molar-refractivity contribution >= 4 is 15.7 Å². The van der Waals surface area contributed by atoms with Crippen molar-refractivity contribution in [2.45, 2.75) is 63.7 Å². The maximum atomic E-state index is 13.3. The van der Waals surface area contributed by atoms with Crippen molar-refractivity contribution in [3.8, 4) is 5.75 Å². The summed E-state index contributed by atoms with van der Waals surface area (Å²) in [6, 6.07) is 2.88. The Morgan fingerprint density at radius 2 is 1.89 bits per heavy atom. The number of fused-ring (bicyclic) bond motifs is 5. The van der Waals surface area contributed by atoms with E-state index in [4.69, 9.17) is 0 Å². The topological polar surface area (TPSA) is 83.5 Å². The van der Waals surface area contributed by atoms with E-state index >= 15 is 0 Å². The number of hydrogen-bond donors (Lipinski definition) is 2. The fraction of sp³-hybridized carbons (Fsp3) is 0.682. The van der Waals surface area contributed by atoms with Crippen LogP contribution in [0.2, 0.25) is 0 Å². The van der Waals surface area contributed by atoms with Gasteiger partial charge in [0.25, 0.3) is 5.91 Å². The number of nitrogens with one attached hydrogen (secondary N) is 1. The molecule has 0 aromatic heterocycles. The minimum Gasteiger partial charge on any atom is -0.508 e. The number of sulfone groups is 1. The molecule has 1 aliphatic heterocycles. The predicted molar refractivity (Wildman–Crippen MR) is 108 cm³/mol. The van der Waals surface area contributed by atoms with Gasteiger partial charge in [-0.25, -0.2) is 8.42 Å². The van der Waals surface area contributed by atoms with Crippen LogP contribution in [-0.2, 0) is 9.84 Å². The molecule has 1 amide bonds. The second kappa shape index (κ2) is 6.22. The third kappa shape index (κ3) is 2.71. The van der Waals surface area contributed by atoms with Crippen LogP contribution in [0.15, 0.2) is 17.0 Å². The van der Waals surface area contributed by atoms with Gasteiger partial charge >= 0.3 is 0 Å². The molecule has 1 heterocycles. The van der Waals surface area contributed by atoms with Crippen LogP contribution in [0.25, 0.3) is 0 Å². The summed E-state index contributed by atoms with van der Waals surface area (Å²) in [7, 11) is -2.07. The van der Waals surface area contributed by atoms with Crippen LogP contribution in [0.1, 0.15) is 74.7 Å². The molecule has 28 heavy (non-hydrogen) atoms. The highest BCUT2D eigenvalue weighted by Gasteiger charge is 2.58. The Balaban J connectivity index is 1.86. The van der Waals surface area contributed by atoms with E-state index in [1.165, 1.54) is 25.6 Å². The van der Waals surface area contributed by atoms with Crippen molar-refractivity contribution in [3.63, 3.8) is 0 Å². The highest BCUT2D eigenvalue weighted by Crippen LogP contribution is 2.65. The van der Waals surface area contributed by atoms with E-state index in [9.17, 15) is 18.3 Å². The Kier molecular flexibility index (Phi) is 4.38. The maximum Gasteiger partial charge on any atom is 0.251 e. The Labute approximate surface area is 167 Å². The smallest absolute Gasteiger partial charge is 0.251 e. The van der Waals surface area contributed by atoms with Crippen LogP contribution in [0.4, 0.5) is 0 Å². The van der Waals surface area contributed by atoms with Crippen molar-refractivity contribution in [1.82, 2.24) is 5.32 Å². The molecule has 3 aliphatic rings. The van der Waals surface area contributed by atoms with Gasteiger partial charge in [0.15, 0.2) is 9.84 Å². The molecule has 2 aliphatic carbocycles. The van der Waals surface area contributed by atoms with Gasteiger partial charge in [0.05, 0.1) is 10.6 Å². The molecule has 0 saturated heterocycles. The van der Waals surface area contributed by atoms with Gasteiger partial charge in [-0.1, -0.05) is 27.2 Å². The first kappa shape index (κ1) is 19.7. The second-order valence-corrected chi connectivity index (χ2v) is 12.0. The quantitative estimate of drug-likeness (QED) is 0.743. The summed E-state index contributed by atoms with van der Waals surface area (Å²) in [5, 5.41) is 13.3. The van der Waals surface area contributed by atoms with Crippen LogP contribution in [0, 0.1) is 22.7 Å². The van der Waals surface area contributed by atoms with E-state index in [-0.39, 0.29) is 50.5 Å². The van der Waals surface area contributed by atoms with Crippen LogP contribution in [-0.4, -0.2) is 32.2 Å². The van der Waals surface area contributed by atoms with Crippen molar-refractivity contribution in [2.75, 3.05) is 12.8 Å². The number of amides is 1. The van der Waals surface area contributed by atoms with Crippen LogP contribution in [0.3, 0.4) is 0 Å². The fourth-order valence-electron chi connectivity index (χ4n) is 6.83. The average Bonchev–Trinajstić information content (AvgIpc) is 2.60. The molecule has 0 unspecified atom stereocenters. The standard InChI is InChI=1S/C22H31NO4S/c1-21(2)8-5-9-22(3)15-12-28(26,27)17-11-13(20(25)23-4)10-16(24)19(17)14(15)6-7-18(21)22/h10-11,14-15,18,24H,5-9,12H2,1-4H3,(H,23,25)/t14-,15+,18+,22-/m1/s1. The maximum absolute atomic E-state index is 13.3. The van der Waals surface area contributed by atoms with Crippen molar-refractivity contribution in [1.29, 1.82) is 0 Å². The highest BCUT2D eigenvalue weighted by atomic mass is 32.2. The predicted octanol–water partition coefficient (Wildman–Crippen LogP) is 3.87. The van der Waals surface area contributed by atoms with Crippen LogP contribution < -0.4 is 5.32 Å². The first-order valence-corrected chi connectivity index (χ1v) is 12.0. The summed E-state index contributed by atoms with van der Waals surface area (Å²) < 4.78 is 26.6. The lowest BCUT2D eigenvalue weighted by Crippen LogP contribution is -2.54. The first-order chi connectivity index (χ1) is 13.0. The summed E-state index contributed by atoms with van der Waals surface area (Å²) in [5.74, 6) is 0.225. The summed E-state index contributed by atoms with van der Waals surface area (Å²) in [6.07, 6.45) is 5.31. The number of aromatic hydroxyl groups is 1. The van der Waals surface area contributed by atoms with E-state index in [2.05, 4.69) is 26.1 Å². The molecule has 0 radical (unpaired) electrons. The molecule has 6 heteroatoms. The van der Waals surface area contributed by atoms with E-state index in [0.29, 0.717) is 11.5 Å². The highest BCUT2D eigenvalue weighted by molar-refractivity contribution is 7.91. The lowest BCUT2D eigenvalue weighted by Gasteiger charge is -2.60. The zero-order valence-electron chi connectivity index (χ0n) is 17.2. The molecule has 5 nitrogen and oxygen atoms in total. The van der Waals surface area contributed by atoms with Gasteiger partial charge in [0.1, 0.15) is 5.75 Å². The number of benzene rings is 1. The largest absolute Gasteiger partial charge is 0.508 e. The molecule has 0 bridgehead atoms. The van der Waals surface area contributed by atoms with E-state index in [1.807, 2.05) is 0 Å². The number of carbonyl (C=O) groups is 1. The summed E-state index contributed by atoms with van der Waals surface area (Å²) in [4.78, 5) is 12.2. The lowest BCUT2D eigenvalue weighted by molar-refractivity contribution is -0.0760. The Hall–Kier alpha value is -1.56. The van der Waals surface area contributed by atoms with E-state index in [0.717, 1.165) is 25.7 Å². The molecular formula is C22H31NO4S. The third-order valence-corrected chi connectivity index (χ3v) is 9.90. The molecular weight excluding hydrogens is 374 g/mol. The Bertz CT molecular complexity index is 936. The van der Waals surface area contributed by atoms with Gasteiger partial charge in [-0.2, -0.15) is 0 Å². The van der Waals surface area contributed by atoms with E-state index < -0.39 is 9.84 Å². The van der Waals surface area contributed by atoms with Gasteiger partial charge in [-0.15, -0.1) is 0 Å². The Morgan fingerprint density at radius 3 is 2.57 bits per heavy atom. The molecule has 4 atom stereocenters. The minimum absolute atomic E-state index is 0.0140. The zero-order valence-corrected chi connectivity index (χ0v) is 18.0. The molecule has 154 valence electrons. The minimum atomic E-state index is -3.57. The van der Waals surface area contributed by atoms with Gasteiger partial charge < -0.3 is 10.4 Å². The van der Waals surface area contributed by atoms with Crippen molar-refractivity contribution in [3.05, 3.63) is 23.3 Å².